The summed E-state index contributed by atoms with van der Waals surface area (Å²) >= 11 is 0. The first kappa shape index (κ1) is 17.9. The van der Waals surface area contributed by atoms with E-state index < -0.39 is 10.0 Å². The fraction of sp³-hybridized carbons (Fsp3) is 0.368. The molecule has 0 bridgehead atoms. The van der Waals surface area contributed by atoms with Crippen LogP contribution in [0.4, 0.5) is 0 Å². The van der Waals surface area contributed by atoms with E-state index in [2.05, 4.69) is 19.8 Å². The second-order valence-corrected chi connectivity index (χ2v) is 8.77. The molecule has 142 valence electrons. The summed E-state index contributed by atoms with van der Waals surface area (Å²) in [5.74, 6) is 1.23. The van der Waals surface area contributed by atoms with Crippen molar-refractivity contribution < 1.29 is 12.9 Å². The highest BCUT2D eigenvalue weighted by Crippen LogP contribution is 2.40. The number of sulfonamides is 1. The Kier molecular flexibility index (Phi) is 4.39. The number of H-pyrrole nitrogens is 1. The summed E-state index contributed by atoms with van der Waals surface area (Å²) in [6, 6.07) is 7.69. The lowest BCUT2D eigenvalue weighted by molar-refractivity contribution is 0.421. The molecule has 0 spiro atoms. The molecule has 0 atom stereocenters. The van der Waals surface area contributed by atoms with Crippen LogP contribution in [0.3, 0.4) is 0 Å². The van der Waals surface area contributed by atoms with Crippen LogP contribution >= 0.6 is 0 Å². The van der Waals surface area contributed by atoms with Crippen molar-refractivity contribution in [1.82, 2.24) is 19.8 Å². The van der Waals surface area contributed by atoms with Gasteiger partial charge < -0.3 is 9.51 Å². The quantitative estimate of drug-likeness (QED) is 0.677. The first-order valence-electron chi connectivity index (χ1n) is 8.94. The normalized spacial score (nSPS) is 14.6. The minimum atomic E-state index is -3.77. The molecule has 0 unspecified atom stereocenters. The predicted octanol–water partition coefficient (Wildman–Crippen LogP) is 3.35. The highest BCUT2D eigenvalue weighted by atomic mass is 32.2. The Hall–Kier alpha value is -2.45. The summed E-state index contributed by atoms with van der Waals surface area (Å²) in [4.78, 5) is 7.70. The van der Waals surface area contributed by atoms with Gasteiger partial charge in [0.25, 0.3) is 5.89 Å². The zero-order valence-corrected chi connectivity index (χ0v) is 16.4. The van der Waals surface area contributed by atoms with E-state index in [1.807, 2.05) is 38.1 Å². The van der Waals surface area contributed by atoms with Crippen molar-refractivity contribution in [3.63, 3.8) is 0 Å². The van der Waals surface area contributed by atoms with Gasteiger partial charge in [-0.15, -0.1) is 0 Å². The molecule has 0 amide bonds. The van der Waals surface area contributed by atoms with Gasteiger partial charge in [-0.25, -0.2) is 13.1 Å². The Bertz CT molecular complexity index is 1090. The maximum Gasteiger partial charge on any atom is 0.261 e. The number of nitrogens with zero attached hydrogens (tertiary/aromatic N) is 2. The molecule has 8 heteroatoms. The first-order valence-corrected chi connectivity index (χ1v) is 10.4. The van der Waals surface area contributed by atoms with Crippen molar-refractivity contribution in [2.24, 2.45) is 0 Å². The van der Waals surface area contributed by atoms with Crippen LogP contribution in [0.2, 0.25) is 0 Å². The van der Waals surface area contributed by atoms with E-state index in [9.17, 15) is 8.42 Å². The van der Waals surface area contributed by atoms with Crippen LogP contribution in [0.5, 0.6) is 0 Å². The monoisotopic (exact) mass is 386 g/mol. The molecular weight excluding hydrogens is 364 g/mol. The molecule has 3 aromatic rings. The van der Waals surface area contributed by atoms with Gasteiger partial charge in [0, 0.05) is 23.9 Å². The third-order valence-corrected chi connectivity index (χ3v) is 6.47. The smallest absolute Gasteiger partial charge is 0.261 e. The fourth-order valence-electron chi connectivity index (χ4n) is 3.25. The van der Waals surface area contributed by atoms with E-state index in [4.69, 9.17) is 4.52 Å². The summed E-state index contributed by atoms with van der Waals surface area (Å²) in [7, 11) is -3.77. The number of aromatic nitrogens is 3. The molecule has 0 radical (unpaired) electrons. The third kappa shape index (κ3) is 3.42. The van der Waals surface area contributed by atoms with Crippen molar-refractivity contribution in [2.75, 3.05) is 0 Å². The van der Waals surface area contributed by atoms with E-state index in [0.717, 1.165) is 24.0 Å². The molecule has 1 aliphatic carbocycles. The Morgan fingerprint density at radius 1 is 1.19 bits per heavy atom. The van der Waals surface area contributed by atoms with Crippen LogP contribution in [0.1, 0.15) is 47.1 Å². The van der Waals surface area contributed by atoms with Crippen LogP contribution in [0.25, 0.3) is 11.5 Å². The molecule has 7 nitrogen and oxygen atoms in total. The van der Waals surface area contributed by atoms with Crippen LogP contribution in [0, 0.1) is 20.8 Å². The minimum absolute atomic E-state index is 0.166. The maximum atomic E-state index is 13.1. The van der Waals surface area contributed by atoms with Crippen molar-refractivity contribution in [2.45, 2.75) is 51.0 Å². The van der Waals surface area contributed by atoms with E-state index in [0.29, 0.717) is 28.7 Å². The van der Waals surface area contributed by atoms with Gasteiger partial charge in [-0.2, -0.15) is 4.98 Å². The third-order valence-electron chi connectivity index (χ3n) is 4.90. The van der Waals surface area contributed by atoms with Crippen molar-refractivity contribution in [1.29, 1.82) is 0 Å². The number of hydrogen-bond donors (Lipinski definition) is 2. The zero-order valence-electron chi connectivity index (χ0n) is 15.5. The highest BCUT2D eigenvalue weighted by molar-refractivity contribution is 7.89. The molecular formula is C19H22N4O3S. The number of nitrogens with one attached hydrogen (secondary N) is 2. The molecule has 2 heterocycles. The van der Waals surface area contributed by atoms with Crippen LogP contribution < -0.4 is 4.72 Å². The number of hydrogen-bond acceptors (Lipinski definition) is 5. The van der Waals surface area contributed by atoms with Gasteiger partial charge >= 0.3 is 0 Å². The standard InChI is InChI=1S/C19H22N4O3S/c1-11-6-4-5-7-15(11)10-20-27(24,25)17-13(3)21-12(2)16(17)19-22-18(23-26-19)14-8-9-14/h4-7,14,20-21H,8-10H2,1-3H3. The summed E-state index contributed by atoms with van der Waals surface area (Å²) < 4.78 is 34.2. The molecule has 0 saturated heterocycles. The predicted molar refractivity (Wildman–Crippen MR) is 101 cm³/mol. The SMILES string of the molecule is Cc1ccccc1CNS(=O)(=O)c1c(C)[nH]c(C)c1-c1nc(C2CC2)no1. The molecule has 27 heavy (non-hydrogen) atoms. The maximum absolute atomic E-state index is 13.1. The number of rotatable bonds is 6. The molecule has 1 fully saturated rings. The van der Waals surface area contributed by atoms with Gasteiger partial charge in [0.05, 0.1) is 5.56 Å². The summed E-state index contributed by atoms with van der Waals surface area (Å²) in [5, 5.41) is 4.02. The molecule has 2 aromatic heterocycles. The van der Waals surface area contributed by atoms with Gasteiger partial charge in [-0.05, 0) is 44.7 Å². The first-order chi connectivity index (χ1) is 12.9. The topological polar surface area (TPSA) is 101 Å². The van der Waals surface area contributed by atoms with E-state index in [-0.39, 0.29) is 17.3 Å². The molecule has 2 N–H and O–H groups in total. The van der Waals surface area contributed by atoms with Gasteiger partial charge in [0.1, 0.15) is 4.90 Å². The van der Waals surface area contributed by atoms with Gasteiger partial charge in [-0.3, -0.25) is 0 Å². The lowest BCUT2D eigenvalue weighted by Gasteiger charge is -2.10. The average Bonchev–Trinajstić information content (AvgIpc) is 3.27. The van der Waals surface area contributed by atoms with E-state index in [1.54, 1.807) is 6.92 Å². The van der Waals surface area contributed by atoms with Crippen LogP contribution in [-0.4, -0.2) is 23.5 Å². The largest absolute Gasteiger partial charge is 0.361 e. The lowest BCUT2D eigenvalue weighted by atomic mass is 10.1. The van der Waals surface area contributed by atoms with Crippen molar-refractivity contribution in [3.8, 4) is 11.5 Å². The van der Waals surface area contributed by atoms with Crippen molar-refractivity contribution >= 4 is 10.0 Å². The Balaban J connectivity index is 1.68. The Labute approximate surface area is 158 Å². The molecule has 1 aromatic carbocycles. The van der Waals surface area contributed by atoms with Gasteiger partial charge in [0.15, 0.2) is 5.82 Å². The number of benzene rings is 1. The zero-order chi connectivity index (χ0) is 19.2. The summed E-state index contributed by atoms with van der Waals surface area (Å²) in [6.45, 7) is 5.72. The molecule has 4 rings (SSSR count). The van der Waals surface area contributed by atoms with E-state index in [1.165, 1.54) is 0 Å². The fourth-order valence-corrected chi connectivity index (χ4v) is 4.70. The number of aryl methyl sites for hydroxylation is 3. The Morgan fingerprint density at radius 3 is 2.63 bits per heavy atom. The van der Waals surface area contributed by atoms with Crippen LogP contribution in [-0.2, 0) is 16.6 Å². The van der Waals surface area contributed by atoms with Crippen molar-refractivity contribution in [3.05, 3.63) is 52.6 Å². The Morgan fingerprint density at radius 2 is 1.93 bits per heavy atom. The van der Waals surface area contributed by atoms with Crippen LogP contribution in [0.15, 0.2) is 33.7 Å². The summed E-state index contributed by atoms with van der Waals surface area (Å²) in [6.07, 6.45) is 2.10. The molecule has 0 aliphatic heterocycles. The second kappa shape index (κ2) is 6.61. The molecule has 1 aliphatic rings. The van der Waals surface area contributed by atoms with Gasteiger partial charge in [0.2, 0.25) is 10.0 Å². The molecule has 1 saturated carbocycles. The summed E-state index contributed by atoms with van der Waals surface area (Å²) in [5.41, 5.74) is 3.65. The van der Waals surface area contributed by atoms with Gasteiger partial charge in [-0.1, -0.05) is 29.4 Å². The second-order valence-electron chi connectivity index (χ2n) is 7.06. The minimum Gasteiger partial charge on any atom is -0.361 e. The van der Waals surface area contributed by atoms with E-state index >= 15 is 0 Å². The lowest BCUT2D eigenvalue weighted by Crippen LogP contribution is -2.24. The average molecular weight is 386 g/mol. The highest BCUT2D eigenvalue weighted by Gasteiger charge is 2.32. The number of aromatic amines is 1.